The number of rotatable bonds is 0. The van der Waals surface area contributed by atoms with Gasteiger partial charge in [0.2, 0.25) is 0 Å². The van der Waals surface area contributed by atoms with Crippen LogP contribution in [0.2, 0.25) is 0 Å². The first-order chi connectivity index (χ1) is 1.91. The molecule has 0 saturated heterocycles. The maximum atomic E-state index is 5.90. The topological polar surface area (TPSA) is 0 Å². The second-order valence-electron chi connectivity index (χ2n) is 0.250. The summed E-state index contributed by atoms with van der Waals surface area (Å²) in [6.45, 7) is 0. The molecule has 0 atom stereocenters. The van der Waals surface area contributed by atoms with Gasteiger partial charge in [0.1, 0.15) is 0 Å². The Morgan fingerprint density at radius 2 is 2.00 bits per heavy atom. The third-order valence-corrected chi connectivity index (χ3v) is 0.0625. The Balaban J connectivity index is 3.14. The zero-order valence-electron chi connectivity index (χ0n) is 2.00. The summed E-state index contributed by atoms with van der Waals surface area (Å²) in [5, 5.41) is 0. The van der Waals surface area contributed by atoms with Gasteiger partial charge in [-0.15, -0.1) is 0 Å². The van der Waals surface area contributed by atoms with Crippen LogP contribution in [-0.4, -0.2) is 0 Å². The van der Waals surface area contributed by atoms with Crippen molar-refractivity contribution in [2.24, 2.45) is 0 Å². The van der Waals surface area contributed by atoms with Crippen molar-refractivity contribution in [2.45, 2.75) is 0 Å². The molecule has 0 aliphatic rings. The first-order valence-electron chi connectivity index (χ1n) is 0.750. The van der Waals surface area contributed by atoms with Crippen LogP contribution in [0.15, 0.2) is 0 Å². The molecule has 0 heteroatoms. The van der Waals surface area contributed by atoms with Gasteiger partial charge in [-0.2, -0.15) is 0 Å². The minimum absolute atomic E-state index is 1.60. The van der Waals surface area contributed by atoms with Crippen molar-refractivity contribution < 1.29 is 0 Å². The standard InChI is InChI=1S/C4/c1-3-4-2. The van der Waals surface area contributed by atoms with Crippen molar-refractivity contribution in [3.05, 3.63) is 12.8 Å². The summed E-state index contributed by atoms with van der Waals surface area (Å²) in [6.07, 6.45) is 11.8. The van der Waals surface area contributed by atoms with Crippen LogP contribution >= 0.6 is 0 Å². The van der Waals surface area contributed by atoms with Crippen molar-refractivity contribution in [1.82, 2.24) is 0 Å². The fourth-order valence-electron chi connectivity index (χ4n) is 0. The van der Waals surface area contributed by atoms with Gasteiger partial charge < -0.3 is 0 Å². The normalized spacial score (nSPS) is 3.25. The second kappa shape index (κ2) is 2.34. The summed E-state index contributed by atoms with van der Waals surface area (Å²) < 4.78 is 0. The average Bonchev–Trinajstić information content (AvgIpc) is 1.37. The molecule has 0 bridgehead atoms. The van der Waals surface area contributed by atoms with Gasteiger partial charge in [0.25, 0.3) is 0 Å². The van der Waals surface area contributed by atoms with Gasteiger partial charge in [-0.05, 0) is 0 Å². The monoisotopic (exact) mass is 48.0 g/mol. The van der Waals surface area contributed by atoms with Crippen molar-refractivity contribution in [3.8, 4) is 11.8 Å². The van der Waals surface area contributed by atoms with E-state index in [2.05, 4.69) is 0 Å². The Hall–Kier alpha value is -0.660. The first-order valence-corrected chi connectivity index (χ1v) is 0.750. The SMILES string of the molecule is [C+]#CC#[C-]. The van der Waals surface area contributed by atoms with Crippen LogP contribution < -0.4 is 0 Å². The summed E-state index contributed by atoms with van der Waals surface area (Å²) >= 11 is 0. The molecule has 0 radical (unpaired) electrons. The van der Waals surface area contributed by atoms with Gasteiger partial charge in [0, 0.05) is 0 Å². The molecule has 0 aliphatic carbocycles. The molecular formula is C4. The summed E-state index contributed by atoms with van der Waals surface area (Å²) in [5.74, 6) is 3.19. The van der Waals surface area contributed by atoms with Crippen LogP contribution in [0, 0.1) is 24.7 Å². The van der Waals surface area contributed by atoms with E-state index in [0.29, 0.717) is 0 Å². The molecule has 4 heavy (non-hydrogen) atoms. The van der Waals surface area contributed by atoms with Gasteiger partial charge >= 0.3 is 24.7 Å². The molecular weight excluding hydrogens is 48.0 g/mol. The van der Waals surface area contributed by atoms with Crippen LogP contribution in [0.3, 0.4) is 0 Å². The molecule has 0 spiro atoms. The van der Waals surface area contributed by atoms with Gasteiger partial charge in [-0.3, -0.25) is 0 Å². The fraction of sp³-hybridized carbons (Fsp3) is 0. The van der Waals surface area contributed by atoms with Crippen molar-refractivity contribution >= 4 is 0 Å². The summed E-state index contributed by atoms with van der Waals surface area (Å²) in [4.78, 5) is 0. The zero-order chi connectivity index (χ0) is 3.41. The van der Waals surface area contributed by atoms with Gasteiger partial charge in [0.05, 0.1) is 0 Å². The molecule has 0 N–H and O–H groups in total. The number of hydrogen-bond donors (Lipinski definition) is 0. The third kappa shape index (κ3) is 1.34. The van der Waals surface area contributed by atoms with Crippen LogP contribution in [0.4, 0.5) is 0 Å². The van der Waals surface area contributed by atoms with Crippen LogP contribution in [0.5, 0.6) is 0 Å². The molecule has 0 nitrogen and oxygen atoms in total. The van der Waals surface area contributed by atoms with E-state index >= 15 is 0 Å². The molecule has 0 aliphatic heterocycles. The predicted molar refractivity (Wildman–Crippen MR) is 14.3 cm³/mol. The van der Waals surface area contributed by atoms with Crippen molar-refractivity contribution in [1.29, 1.82) is 0 Å². The molecule has 16 valence electrons. The predicted octanol–water partition coefficient (Wildman–Crippen LogP) is 0.166. The maximum absolute atomic E-state index is 5.90. The quantitative estimate of drug-likeness (QED) is 0.270. The van der Waals surface area contributed by atoms with E-state index in [1.807, 2.05) is 0 Å². The van der Waals surface area contributed by atoms with Gasteiger partial charge in [0.15, 0.2) is 0 Å². The Morgan fingerprint density at radius 3 is 2.00 bits per heavy atom. The molecule has 0 aromatic carbocycles. The molecule has 0 saturated carbocycles. The second-order valence-corrected chi connectivity index (χ2v) is 0.250. The molecule has 0 aromatic heterocycles. The van der Waals surface area contributed by atoms with Crippen LogP contribution in [0.25, 0.3) is 0 Å². The van der Waals surface area contributed by atoms with E-state index in [0.717, 1.165) is 0 Å². The van der Waals surface area contributed by atoms with E-state index < -0.39 is 0 Å². The van der Waals surface area contributed by atoms with E-state index in [-0.39, 0.29) is 0 Å². The Bertz CT molecular complexity index is 55.0. The minimum atomic E-state index is 1.60. The van der Waals surface area contributed by atoms with E-state index in [4.69, 9.17) is 12.8 Å². The van der Waals surface area contributed by atoms with E-state index in [1.54, 1.807) is 11.8 Å². The summed E-state index contributed by atoms with van der Waals surface area (Å²) in [7, 11) is 0. The molecule has 0 fully saturated rings. The Morgan fingerprint density at radius 1 is 1.75 bits per heavy atom. The zero-order valence-corrected chi connectivity index (χ0v) is 2.00. The molecule has 0 amide bonds. The molecule has 0 heterocycles. The van der Waals surface area contributed by atoms with Crippen LogP contribution in [0.1, 0.15) is 0 Å². The first kappa shape index (κ1) is 3.34. The molecule has 0 aromatic rings. The van der Waals surface area contributed by atoms with Crippen molar-refractivity contribution in [3.63, 3.8) is 0 Å². The van der Waals surface area contributed by atoms with E-state index in [9.17, 15) is 0 Å². The third-order valence-electron chi connectivity index (χ3n) is 0.0625. The number of hydrogen-bond acceptors (Lipinski definition) is 0. The average molecular weight is 48.0 g/mol. The molecule has 0 rings (SSSR count). The Kier molecular flexibility index (Phi) is 1.95. The summed E-state index contributed by atoms with van der Waals surface area (Å²) in [6, 6.07) is 0. The summed E-state index contributed by atoms with van der Waals surface area (Å²) in [5.41, 5.74) is 0. The van der Waals surface area contributed by atoms with E-state index in [1.165, 1.54) is 0 Å². The fourth-order valence-corrected chi connectivity index (χ4v) is 0. The molecule has 0 unspecified atom stereocenters. The van der Waals surface area contributed by atoms with Gasteiger partial charge in [-0.25, -0.2) is 0 Å². The Labute approximate surface area is 25.8 Å². The van der Waals surface area contributed by atoms with Gasteiger partial charge in [-0.1, -0.05) is 0 Å². The van der Waals surface area contributed by atoms with Crippen LogP contribution in [-0.2, 0) is 0 Å². The van der Waals surface area contributed by atoms with Crippen molar-refractivity contribution in [2.75, 3.05) is 0 Å².